The van der Waals surface area contributed by atoms with Gasteiger partial charge in [-0.3, -0.25) is 0 Å². The van der Waals surface area contributed by atoms with Crippen molar-refractivity contribution in [3.05, 3.63) is 102 Å². The molecule has 0 aliphatic carbocycles. The molecule has 4 aromatic rings. The summed E-state index contributed by atoms with van der Waals surface area (Å²) >= 11 is 0. The van der Waals surface area contributed by atoms with Crippen molar-refractivity contribution in [3.8, 4) is 5.75 Å². The minimum Gasteiger partial charge on any atom is -0.487 e. The van der Waals surface area contributed by atoms with Gasteiger partial charge in [-0.1, -0.05) is 42.5 Å². The molecule has 0 saturated carbocycles. The molecule has 31 heavy (non-hydrogen) atoms. The average molecular weight is 407 g/mol. The molecule has 0 radical (unpaired) electrons. The Morgan fingerprint density at radius 1 is 0.871 bits per heavy atom. The number of para-hydroxylation sites is 1. The van der Waals surface area contributed by atoms with Gasteiger partial charge in [-0.2, -0.15) is 0 Å². The van der Waals surface area contributed by atoms with E-state index in [1.165, 1.54) is 0 Å². The minimum atomic E-state index is 0.415. The van der Waals surface area contributed by atoms with Crippen molar-refractivity contribution in [2.45, 2.75) is 13.2 Å². The van der Waals surface area contributed by atoms with Crippen LogP contribution in [0.25, 0.3) is 10.9 Å². The first-order valence-electron chi connectivity index (χ1n) is 9.93. The molecular formula is C24H19N6O+. The lowest BCUT2D eigenvalue weighted by molar-refractivity contribution is 0.302. The fraction of sp³-hybridized carbons (Fsp3) is 0.0833. The summed E-state index contributed by atoms with van der Waals surface area (Å²) in [4.78, 5) is 8.20. The second-order valence-electron chi connectivity index (χ2n) is 7.07. The maximum atomic E-state index is 5.97. The van der Waals surface area contributed by atoms with Gasteiger partial charge < -0.3 is 10.1 Å². The molecule has 1 aliphatic heterocycles. The Morgan fingerprint density at radius 2 is 1.81 bits per heavy atom. The molecule has 1 N–H and O–H groups in total. The second-order valence-corrected chi connectivity index (χ2v) is 7.07. The van der Waals surface area contributed by atoms with Crippen LogP contribution < -0.4 is 15.0 Å². The molecule has 0 unspecified atom stereocenters. The summed E-state index contributed by atoms with van der Waals surface area (Å²) < 4.78 is 5.97. The highest BCUT2D eigenvalue weighted by atomic mass is 16.5. The fourth-order valence-corrected chi connectivity index (χ4v) is 3.33. The summed E-state index contributed by atoms with van der Waals surface area (Å²) in [6.07, 6.45) is 0. The van der Waals surface area contributed by atoms with E-state index in [0.29, 0.717) is 19.0 Å². The van der Waals surface area contributed by atoms with Crippen molar-refractivity contribution in [1.82, 2.24) is 9.90 Å². The molecule has 2 heterocycles. The Bertz CT molecular complexity index is 1340. The lowest BCUT2D eigenvalue weighted by Crippen LogP contribution is -2.02. The highest BCUT2D eigenvalue weighted by Gasteiger charge is 2.16. The van der Waals surface area contributed by atoms with Gasteiger partial charge in [0.15, 0.2) is 0 Å². The number of fused-ring (bicyclic) bond motifs is 1. The summed E-state index contributed by atoms with van der Waals surface area (Å²) in [6, 6.07) is 28.0. The number of amidine groups is 1. The summed E-state index contributed by atoms with van der Waals surface area (Å²) in [5.74, 6) is 1.32. The number of benzene rings is 3. The van der Waals surface area contributed by atoms with Gasteiger partial charge in [0, 0.05) is 23.7 Å². The summed E-state index contributed by atoms with van der Waals surface area (Å²) in [7, 11) is 0. The van der Waals surface area contributed by atoms with Crippen molar-refractivity contribution < 1.29 is 4.74 Å². The molecule has 7 heteroatoms. The Morgan fingerprint density at radius 3 is 2.74 bits per heavy atom. The Labute approximate surface area is 178 Å². The number of hydrogen-bond donors (Lipinski definition) is 1. The van der Waals surface area contributed by atoms with E-state index in [9.17, 15) is 0 Å². The van der Waals surface area contributed by atoms with Crippen LogP contribution in [0.2, 0.25) is 0 Å². The number of nitrogens with one attached hydrogen (secondary N) is 1. The second kappa shape index (κ2) is 8.57. The Balaban J connectivity index is 1.22. The topological polar surface area (TPSA) is 85.3 Å². The van der Waals surface area contributed by atoms with E-state index in [2.05, 4.69) is 42.8 Å². The number of hydrogen-bond acceptors (Lipinski definition) is 6. The highest BCUT2D eigenvalue weighted by molar-refractivity contribution is 5.99. The van der Waals surface area contributed by atoms with Gasteiger partial charge in [-0.15, -0.1) is 0 Å². The molecular weight excluding hydrogens is 388 g/mol. The maximum Gasteiger partial charge on any atom is 0.360 e. The number of ether oxygens (including phenoxy) is 1. The normalized spacial score (nSPS) is 12.2. The standard InChI is InChI=1S/C24H19N6O/c1-2-10-23-18(6-1)11-12-21(26-23)16-31-22-9-4-8-20(14-22)25-15-17-5-3-7-19(13-17)24-27-29-30-28-24/h1-14,25H,15-16H2/q+1. The van der Waals surface area contributed by atoms with Gasteiger partial charge in [0.05, 0.1) is 26.8 Å². The molecule has 0 spiro atoms. The third-order valence-electron chi connectivity index (χ3n) is 4.88. The Hall–Kier alpha value is -4.35. The maximum absolute atomic E-state index is 5.97. The minimum absolute atomic E-state index is 0.415. The third kappa shape index (κ3) is 4.47. The zero-order valence-electron chi connectivity index (χ0n) is 16.6. The van der Waals surface area contributed by atoms with Crippen molar-refractivity contribution in [2.24, 2.45) is 15.4 Å². The molecule has 5 rings (SSSR count). The zero-order valence-corrected chi connectivity index (χ0v) is 16.6. The van der Waals surface area contributed by atoms with E-state index < -0.39 is 0 Å². The van der Waals surface area contributed by atoms with Crippen LogP contribution in [-0.4, -0.2) is 10.8 Å². The molecule has 1 aromatic heterocycles. The Kier molecular flexibility index (Phi) is 5.16. The van der Waals surface area contributed by atoms with E-state index >= 15 is 0 Å². The van der Waals surface area contributed by atoms with E-state index in [1.54, 1.807) is 0 Å². The predicted octanol–water partition coefficient (Wildman–Crippen LogP) is 5.07. The van der Waals surface area contributed by atoms with E-state index in [1.807, 2.05) is 72.8 Å². The predicted molar refractivity (Wildman–Crippen MR) is 120 cm³/mol. The first-order chi connectivity index (χ1) is 15.3. The van der Waals surface area contributed by atoms with E-state index in [-0.39, 0.29) is 0 Å². The largest absolute Gasteiger partial charge is 0.487 e. The fourth-order valence-electron chi connectivity index (χ4n) is 3.33. The van der Waals surface area contributed by atoms with Crippen LogP contribution in [0.15, 0.2) is 100 Å². The lowest BCUT2D eigenvalue weighted by atomic mass is 10.1. The summed E-state index contributed by atoms with van der Waals surface area (Å²) in [5.41, 5.74) is 4.84. The van der Waals surface area contributed by atoms with E-state index in [4.69, 9.17) is 4.74 Å². The van der Waals surface area contributed by atoms with Gasteiger partial charge >= 0.3 is 5.84 Å². The highest BCUT2D eigenvalue weighted by Crippen LogP contribution is 2.20. The van der Waals surface area contributed by atoms with Crippen molar-refractivity contribution in [3.63, 3.8) is 0 Å². The number of rotatable bonds is 7. The smallest absolute Gasteiger partial charge is 0.360 e. The van der Waals surface area contributed by atoms with Crippen molar-refractivity contribution in [1.29, 1.82) is 0 Å². The molecule has 3 aromatic carbocycles. The zero-order chi connectivity index (χ0) is 20.9. The molecule has 150 valence electrons. The van der Waals surface area contributed by atoms with Crippen LogP contribution >= 0.6 is 0 Å². The van der Waals surface area contributed by atoms with Gasteiger partial charge in [0.25, 0.3) is 5.22 Å². The molecule has 7 nitrogen and oxygen atoms in total. The number of aromatic nitrogens is 1. The molecule has 0 amide bonds. The summed E-state index contributed by atoms with van der Waals surface area (Å²) in [6.45, 7) is 1.07. The van der Waals surface area contributed by atoms with Crippen molar-refractivity contribution >= 4 is 22.4 Å². The summed E-state index contributed by atoms with van der Waals surface area (Å²) in [5, 5.41) is 15.9. The molecule has 0 saturated heterocycles. The van der Waals surface area contributed by atoms with Crippen LogP contribution in [-0.2, 0) is 13.2 Å². The lowest BCUT2D eigenvalue weighted by Gasteiger charge is -2.10. The number of anilines is 1. The quantitative estimate of drug-likeness (QED) is 0.434. The van der Waals surface area contributed by atoms with Gasteiger partial charge in [-0.25, -0.2) is 4.98 Å². The average Bonchev–Trinajstić information content (AvgIpc) is 3.37. The van der Waals surface area contributed by atoms with Crippen LogP contribution in [0, 0.1) is 0 Å². The molecule has 0 atom stereocenters. The van der Waals surface area contributed by atoms with Gasteiger partial charge in [-0.05, 0) is 42.0 Å². The van der Waals surface area contributed by atoms with Crippen LogP contribution in [0.3, 0.4) is 0 Å². The first kappa shape index (κ1) is 18.7. The van der Waals surface area contributed by atoms with Gasteiger partial charge in [0.2, 0.25) is 0 Å². The van der Waals surface area contributed by atoms with Crippen LogP contribution in [0.1, 0.15) is 16.8 Å². The SMILES string of the molecule is c1cc(NCc2cccc(C3=NN=[N+]=N3)c2)cc(OCc2ccc3ccccc3n2)c1. The van der Waals surface area contributed by atoms with E-state index in [0.717, 1.165) is 39.2 Å². The molecule has 0 bridgehead atoms. The first-order valence-corrected chi connectivity index (χ1v) is 9.93. The monoisotopic (exact) mass is 407 g/mol. The van der Waals surface area contributed by atoms with Crippen LogP contribution in [0.5, 0.6) is 5.75 Å². The van der Waals surface area contributed by atoms with Crippen molar-refractivity contribution in [2.75, 3.05) is 5.32 Å². The number of nitrogens with zero attached hydrogens (tertiary/aromatic N) is 5. The third-order valence-corrected chi connectivity index (χ3v) is 4.88. The van der Waals surface area contributed by atoms with Crippen LogP contribution in [0.4, 0.5) is 5.69 Å². The molecule has 0 fully saturated rings. The molecule has 1 aliphatic rings. The number of pyridine rings is 1. The van der Waals surface area contributed by atoms with Gasteiger partial charge in [0.1, 0.15) is 17.5 Å².